The van der Waals surface area contributed by atoms with Crippen LogP contribution in [0.2, 0.25) is 0 Å². The number of rotatable bonds is 4. The third kappa shape index (κ3) is 3.76. The average Bonchev–Trinajstić information content (AvgIpc) is 3.28. The maximum atomic E-state index is 13.2. The number of aromatic nitrogens is 2. The highest BCUT2D eigenvalue weighted by atomic mass is 32.1. The Kier molecular flexibility index (Phi) is 5.36. The van der Waals surface area contributed by atoms with Gasteiger partial charge in [-0.25, -0.2) is 9.37 Å². The minimum Gasteiger partial charge on any atom is -0.466 e. The van der Waals surface area contributed by atoms with Crippen molar-refractivity contribution in [2.45, 2.75) is 26.7 Å². The van der Waals surface area contributed by atoms with Gasteiger partial charge in [-0.3, -0.25) is 14.0 Å². The maximum Gasteiger partial charge on any atom is 0.310 e. The fourth-order valence-electron chi connectivity index (χ4n) is 3.67. The van der Waals surface area contributed by atoms with Crippen molar-refractivity contribution in [3.8, 4) is 11.3 Å². The van der Waals surface area contributed by atoms with Crippen molar-refractivity contribution in [1.29, 1.82) is 0 Å². The number of hydrogen-bond acceptors (Lipinski definition) is 5. The first-order valence-corrected chi connectivity index (χ1v) is 10.5. The average molecular weight is 415 g/mol. The van der Waals surface area contributed by atoms with E-state index in [9.17, 15) is 14.0 Å². The molecule has 152 valence electrons. The first-order chi connectivity index (χ1) is 14.0. The van der Waals surface area contributed by atoms with Gasteiger partial charge in [-0.1, -0.05) is 11.3 Å². The number of imidazole rings is 1. The van der Waals surface area contributed by atoms with Crippen LogP contribution in [0, 0.1) is 18.7 Å². The third-order valence-corrected chi connectivity index (χ3v) is 6.36. The second-order valence-corrected chi connectivity index (χ2v) is 8.12. The molecule has 8 heteroatoms. The van der Waals surface area contributed by atoms with Gasteiger partial charge in [-0.15, -0.1) is 0 Å². The molecule has 1 atom stereocenters. The monoisotopic (exact) mass is 415 g/mol. The number of carbonyl (C=O) groups excluding carboxylic acids is 2. The van der Waals surface area contributed by atoms with Crippen LogP contribution in [0.25, 0.3) is 16.2 Å². The Labute approximate surface area is 171 Å². The molecule has 0 spiro atoms. The van der Waals surface area contributed by atoms with Crippen LogP contribution in [0.1, 0.15) is 35.1 Å². The Morgan fingerprint density at radius 1 is 1.31 bits per heavy atom. The Balaban J connectivity index is 1.56. The van der Waals surface area contributed by atoms with Gasteiger partial charge >= 0.3 is 5.97 Å². The van der Waals surface area contributed by atoms with Crippen molar-refractivity contribution in [2.75, 3.05) is 19.7 Å². The number of thiazole rings is 1. The van der Waals surface area contributed by atoms with Gasteiger partial charge in [0.25, 0.3) is 5.91 Å². The van der Waals surface area contributed by atoms with E-state index in [1.54, 1.807) is 24.0 Å². The molecule has 0 N–H and O–H groups in total. The van der Waals surface area contributed by atoms with Gasteiger partial charge in [0.05, 0.1) is 18.2 Å². The number of aryl methyl sites for hydroxylation is 1. The Morgan fingerprint density at radius 3 is 2.76 bits per heavy atom. The number of carbonyl (C=O) groups is 2. The van der Waals surface area contributed by atoms with E-state index in [0.717, 1.165) is 29.8 Å². The van der Waals surface area contributed by atoms with Crippen molar-refractivity contribution in [1.82, 2.24) is 14.3 Å². The summed E-state index contributed by atoms with van der Waals surface area (Å²) >= 11 is 1.33. The Bertz CT molecular complexity index is 1060. The summed E-state index contributed by atoms with van der Waals surface area (Å²) in [4.78, 5) is 32.9. The van der Waals surface area contributed by atoms with Gasteiger partial charge in [0.15, 0.2) is 4.96 Å². The summed E-state index contributed by atoms with van der Waals surface area (Å²) in [6, 6.07) is 6.18. The van der Waals surface area contributed by atoms with Crippen LogP contribution in [-0.4, -0.2) is 45.9 Å². The van der Waals surface area contributed by atoms with E-state index in [1.165, 1.54) is 23.5 Å². The number of nitrogens with zero attached hydrogens (tertiary/aromatic N) is 3. The van der Waals surface area contributed by atoms with Crippen molar-refractivity contribution in [2.24, 2.45) is 5.92 Å². The van der Waals surface area contributed by atoms with E-state index >= 15 is 0 Å². The molecule has 1 amide bonds. The van der Waals surface area contributed by atoms with Crippen molar-refractivity contribution in [3.05, 3.63) is 46.9 Å². The van der Waals surface area contributed by atoms with E-state index in [-0.39, 0.29) is 23.6 Å². The van der Waals surface area contributed by atoms with Gasteiger partial charge < -0.3 is 9.64 Å². The first-order valence-electron chi connectivity index (χ1n) is 9.68. The third-order valence-electron chi connectivity index (χ3n) is 5.22. The number of halogens is 1. The minimum atomic E-state index is -0.290. The SMILES string of the molecule is CCOC(=O)[C@@H]1CCCN(C(=O)c2sc3nc(-c4ccc(F)cc4)cn3c2C)C1. The van der Waals surface area contributed by atoms with Gasteiger partial charge in [0, 0.05) is 30.5 Å². The van der Waals surface area contributed by atoms with Crippen LogP contribution in [0.3, 0.4) is 0 Å². The normalized spacial score (nSPS) is 16.9. The molecule has 29 heavy (non-hydrogen) atoms. The van der Waals surface area contributed by atoms with Gasteiger partial charge in [-0.2, -0.15) is 0 Å². The number of likely N-dealkylation sites (tertiary alicyclic amines) is 1. The molecule has 1 aromatic carbocycles. The molecule has 4 rings (SSSR count). The summed E-state index contributed by atoms with van der Waals surface area (Å²) in [6.45, 7) is 5.04. The molecule has 0 unspecified atom stereocenters. The fourth-order valence-corrected chi connectivity index (χ4v) is 4.74. The van der Waals surface area contributed by atoms with Gasteiger partial charge in [-0.05, 0) is 51.0 Å². The highest BCUT2D eigenvalue weighted by Crippen LogP contribution is 2.29. The molecule has 3 heterocycles. The number of esters is 1. The number of amides is 1. The zero-order valence-electron chi connectivity index (χ0n) is 16.4. The molecule has 0 bridgehead atoms. The fraction of sp³-hybridized carbons (Fsp3) is 0.381. The molecular weight excluding hydrogens is 393 g/mol. The molecule has 0 radical (unpaired) electrons. The number of fused-ring (bicyclic) bond motifs is 1. The molecule has 1 fully saturated rings. The second-order valence-electron chi connectivity index (χ2n) is 7.14. The molecule has 1 saturated heterocycles. The minimum absolute atomic E-state index is 0.0738. The first kappa shape index (κ1) is 19.6. The number of piperidine rings is 1. The van der Waals surface area contributed by atoms with E-state index in [1.807, 2.05) is 17.5 Å². The number of benzene rings is 1. The maximum absolute atomic E-state index is 13.2. The molecule has 3 aromatic rings. The highest BCUT2D eigenvalue weighted by Gasteiger charge is 2.31. The van der Waals surface area contributed by atoms with Crippen molar-refractivity contribution in [3.63, 3.8) is 0 Å². The Hall–Kier alpha value is -2.74. The molecule has 6 nitrogen and oxygen atoms in total. The largest absolute Gasteiger partial charge is 0.466 e. The van der Waals surface area contributed by atoms with Gasteiger partial charge in [0.2, 0.25) is 0 Å². The summed E-state index contributed by atoms with van der Waals surface area (Å²) in [5.41, 5.74) is 2.37. The zero-order valence-corrected chi connectivity index (χ0v) is 17.2. The molecular formula is C21H22FN3O3S. The lowest BCUT2D eigenvalue weighted by atomic mass is 9.98. The lowest BCUT2D eigenvalue weighted by Gasteiger charge is -2.31. The quantitative estimate of drug-likeness (QED) is 0.606. The van der Waals surface area contributed by atoms with Crippen LogP contribution in [-0.2, 0) is 9.53 Å². The second kappa shape index (κ2) is 7.94. The summed E-state index contributed by atoms with van der Waals surface area (Å²) in [6.07, 6.45) is 3.39. The van der Waals surface area contributed by atoms with E-state index in [0.29, 0.717) is 29.5 Å². The molecule has 0 aliphatic carbocycles. The predicted octanol–water partition coefficient (Wildman–Crippen LogP) is 3.93. The van der Waals surface area contributed by atoms with Crippen LogP contribution in [0.4, 0.5) is 4.39 Å². The smallest absolute Gasteiger partial charge is 0.310 e. The predicted molar refractivity (Wildman–Crippen MR) is 108 cm³/mol. The standard InChI is InChI=1S/C21H22FN3O3S/c1-3-28-20(27)15-5-4-10-24(11-15)19(26)18-13(2)25-12-17(23-21(25)29-18)14-6-8-16(22)9-7-14/h6-9,12,15H,3-5,10-11H2,1-2H3/t15-/m1/s1. The summed E-state index contributed by atoms with van der Waals surface area (Å²) < 4.78 is 20.2. The lowest BCUT2D eigenvalue weighted by Crippen LogP contribution is -2.42. The van der Waals surface area contributed by atoms with E-state index in [4.69, 9.17) is 4.74 Å². The zero-order chi connectivity index (χ0) is 20.5. The summed E-state index contributed by atoms with van der Waals surface area (Å²) in [5, 5.41) is 0. The number of ether oxygens (including phenoxy) is 1. The van der Waals surface area contributed by atoms with E-state index in [2.05, 4.69) is 4.98 Å². The van der Waals surface area contributed by atoms with Crippen molar-refractivity contribution >= 4 is 28.2 Å². The summed E-state index contributed by atoms with van der Waals surface area (Å²) in [5.74, 6) is -0.856. The number of hydrogen-bond donors (Lipinski definition) is 0. The van der Waals surface area contributed by atoms with Crippen LogP contribution in [0.5, 0.6) is 0 Å². The van der Waals surface area contributed by atoms with E-state index < -0.39 is 0 Å². The highest BCUT2D eigenvalue weighted by molar-refractivity contribution is 7.19. The van der Waals surface area contributed by atoms with Gasteiger partial charge in [0.1, 0.15) is 10.7 Å². The molecule has 2 aromatic heterocycles. The lowest BCUT2D eigenvalue weighted by molar-refractivity contribution is -0.149. The molecule has 1 aliphatic rings. The summed E-state index contributed by atoms with van der Waals surface area (Å²) in [7, 11) is 0. The van der Waals surface area contributed by atoms with Crippen LogP contribution in [0.15, 0.2) is 30.5 Å². The molecule has 1 aliphatic heterocycles. The molecule has 0 saturated carbocycles. The Morgan fingerprint density at radius 2 is 2.07 bits per heavy atom. The van der Waals surface area contributed by atoms with Crippen LogP contribution < -0.4 is 0 Å². The topological polar surface area (TPSA) is 63.9 Å². The van der Waals surface area contributed by atoms with Crippen LogP contribution >= 0.6 is 11.3 Å². The van der Waals surface area contributed by atoms with Crippen molar-refractivity contribution < 1.29 is 18.7 Å².